The van der Waals surface area contributed by atoms with Crippen LogP contribution < -0.4 is 10.6 Å². The number of carbonyl (C=O) groups excluding carboxylic acids is 2. The SMILES string of the molecule is CC(=O)Nc1ccc2c(c1)/C(=C1\C(=O)Nc3ccccc31)OC2. The van der Waals surface area contributed by atoms with Crippen LogP contribution in [-0.4, -0.2) is 11.8 Å². The van der Waals surface area contributed by atoms with Crippen LogP contribution in [-0.2, 0) is 20.9 Å². The van der Waals surface area contributed by atoms with Gasteiger partial charge in [-0.1, -0.05) is 24.3 Å². The summed E-state index contributed by atoms with van der Waals surface area (Å²) in [6, 6.07) is 13.1. The Labute approximate surface area is 133 Å². The van der Waals surface area contributed by atoms with Crippen LogP contribution in [0.15, 0.2) is 42.5 Å². The molecule has 4 rings (SSSR count). The Balaban J connectivity index is 1.87. The summed E-state index contributed by atoms with van der Waals surface area (Å²) in [4.78, 5) is 23.6. The second kappa shape index (κ2) is 4.98. The number of hydrogen-bond acceptors (Lipinski definition) is 3. The summed E-state index contributed by atoms with van der Waals surface area (Å²) in [5, 5.41) is 5.61. The van der Waals surface area contributed by atoms with Gasteiger partial charge in [0.2, 0.25) is 5.91 Å². The zero-order valence-corrected chi connectivity index (χ0v) is 12.5. The van der Waals surface area contributed by atoms with Crippen LogP contribution in [0.4, 0.5) is 11.4 Å². The van der Waals surface area contributed by atoms with Gasteiger partial charge in [0.1, 0.15) is 12.4 Å². The first-order valence-corrected chi connectivity index (χ1v) is 7.32. The van der Waals surface area contributed by atoms with Crippen LogP contribution in [0.3, 0.4) is 0 Å². The van der Waals surface area contributed by atoms with E-state index in [1.807, 2.05) is 42.5 Å². The van der Waals surface area contributed by atoms with Gasteiger partial charge in [-0.15, -0.1) is 0 Å². The van der Waals surface area contributed by atoms with E-state index in [-0.39, 0.29) is 11.8 Å². The Hall–Kier alpha value is -3.08. The monoisotopic (exact) mass is 306 g/mol. The number of benzene rings is 2. The summed E-state index contributed by atoms with van der Waals surface area (Å²) < 4.78 is 5.80. The van der Waals surface area contributed by atoms with Gasteiger partial charge in [-0.25, -0.2) is 0 Å². The van der Waals surface area contributed by atoms with Gasteiger partial charge in [-0.2, -0.15) is 0 Å². The highest BCUT2D eigenvalue weighted by Crippen LogP contribution is 2.42. The van der Waals surface area contributed by atoms with Crippen molar-refractivity contribution in [2.45, 2.75) is 13.5 Å². The molecule has 2 aliphatic heterocycles. The first-order valence-electron chi connectivity index (χ1n) is 7.32. The van der Waals surface area contributed by atoms with Gasteiger partial charge >= 0.3 is 0 Å². The number of hydrogen-bond donors (Lipinski definition) is 2. The summed E-state index contributed by atoms with van der Waals surface area (Å²) in [7, 11) is 0. The lowest BCUT2D eigenvalue weighted by atomic mass is 10.00. The molecule has 0 saturated heterocycles. The maximum absolute atomic E-state index is 12.4. The Morgan fingerprint density at radius 2 is 2.00 bits per heavy atom. The van der Waals surface area contributed by atoms with Gasteiger partial charge in [0.25, 0.3) is 5.91 Å². The fraction of sp³-hybridized carbons (Fsp3) is 0.111. The Morgan fingerprint density at radius 1 is 1.17 bits per heavy atom. The Kier molecular flexibility index (Phi) is 2.94. The van der Waals surface area contributed by atoms with Crippen LogP contribution in [0.1, 0.15) is 23.6 Å². The minimum atomic E-state index is -0.168. The molecule has 23 heavy (non-hydrogen) atoms. The van der Waals surface area contributed by atoms with Crippen LogP contribution >= 0.6 is 0 Å². The van der Waals surface area contributed by atoms with Gasteiger partial charge in [-0.05, 0) is 18.2 Å². The van der Waals surface area contributed by atoms with E-state index in [2.05, 4.69) is 10.6 Å². The number of nitrogens with one attached hydrogen (secondary N) is 2. The third-order valence-corrected chi connectivity index (χ3v) is 3.95. The van der Waals surface area contributed by atoms with E-state index in [4.69, 9.17) is 4.74 Å². The first-order chi connectivity index (χ1) is 11.1. The van der Waals surface area contributed by atoms with E-state index in [1.54, 1.807) is 0 Å². The van der Waals surface area contributed by atoms with Crippen LogP contribution in [0.2, 0.25) is 0 Å². The van der Waals surface area contributed by atoms with Crippen molar-refractivity contribution >= 4 is 34.5 Å². The standard InChI is InChI=1S/C18H14N2O3/c1-10(21)19-12-7-6-11-9-23-17(14(11)8-12)16-13-4-2-3-5-15(13)20-18(16)22/h2-8H,9H2,1H3,(H,19,21)(H,20,22)/b17-16+. The average Bonchev–Trinajstić information content (AvgIpc) is 3.06. The summed E-state index contributed by atoms with van der Waals surface area (Å²) >= 11 is 0. The molecule has 0 bridgehead atoms. The normalized spacial score (nSPS) is 18.0. The molecule has 0 saturated carbocycles. The molecule has 2 aliphatic rings. The van der Waals surface area contributed by atoms with Crippen LogP contribution in [0.25, 0.3) is 11.3 Å². The molecule has 0 unspecified atom stereocenters. The zero-order valence-electron chi connectivity index (χ0n) is 12.5. The lowest BCUT2D eigenvalue weighted by Gasteiger charge is -2.07. The molecule has 114 valence electrons. The minimum Gasteiger partial charge on any atom is -0.487 e. The molecule has 2 amide bonds. The van der Waals surface area contributed by atoms with E-state index in [9.17, 15) is 9.59 Å². The number of carbonyl (C=O) groups is 2. The third kappa shape index (κ3) is 2.17. The van der Waals surface area contributed by atoms with Crippen molar-refractivity contribution in [3.05, 3.63) is 59.2 Å². The van der Waals surface area contributed by atoms with Gasteiger partial charge < -0.3 is 15.4 Å². The molecule has 0 fully saturated rings. The van der Waals surface area contributed by atoms with Gasteiger partial charge in [0.15, 0.2) is 0 Å². The van der Waals surface area contributed by atoms with Gasteiger partial charge in [0, 0.05) is 35.0 Å². The summed E-state index contributed by atoms with van der Waals surface area (Å²) in [6.07, 6.45) is 0. The van der Waals surface area contributed by atoms with Crippen molar-refractivity contribution in [3.8, 4) is 0 Å². The Bertz CT molecular complexity index is 884. The van der Waals surface area contributed by atoms with Crippen molar-refractivity contribution in [3.63, 3.8) is 0 Å². The molecule has 5 nitrogen and oxygen atoms in total. The second-order valence-electron chi connectivity index (χ2n) is 5.55. The van der Waals surface area contributed by atoms with Crippen molar-refractivity contribution < 1.29 is 14.3 Å². The maximum atomic E-state index is 12.4. The lowest BCUT2D eigenvalue weighted by Crippen LogP contribution is -2.07. The molecule has 0 spiro atoms. The molecular weight excluding hydrogens is 292 g/mol. The Morgan fingerprint density at radius 3 is 2.83 bits per heavy atom. The highest BCUT2D eigenvalue weighted by Gasteiger charge is 2.32. The predicted octanol–water partition coefficient (Wildman–Crippen LogP) is 3.00. The third-order valence-electron chi connectivity index (χ3n) is 3.95. The van der Waals surface area contributed by atoms with Crippen molar-refractivity contribution in [1.82, 2.24) is 0 Å². The van der Waals surface area contributed by atoms with Gasteiger partial charge in [0.05, 0.1) is 5.57 Å². The fourth-order valence-corrected chi connectivity index (χ4v) is 2.97. The first kappa shape index (κ1) is 13.6. The van der Waals surface area contributed by atoms with E-state index in [1.165, 1.54) is 6.92 Å². The molecule has 2 aromatic rings. The van der Waals surface area contributed by atoms with Crippen LogP contribution in [0, 0.1) is 0 Å². The fourth-order valence-electron chi connectivity index (χ4n) is 2.97. The molecule has 2 N–H and O–H groups in total. The predicted molar refractivity (Wildman–Crippen MR) is 87.4 cm³/mol. The van der Waals surface area contributed by atoms with E-state index in [0.717, 1.165) is 22.4 Å². The summed E-state index contributed by atoms with van der Waals surface area (Å²) in [6.45, 7) is 1.88. The largest absolute Gasteiger partial charge is 0.487 e. The smallest absolute Gasteiger partial charge is 0.260 e. The number of anilines is 2. The summed E-state index contributed by atoms with van der Waals surface area (Å²) in [5.74, 6) is 0.260. The maximum Gasteiger partial charge on any atom is 0.260 e. The molecule has 0 aliphatic carbocycles. The quantitative estimate of drug-likeness (QED) is 0.796. The number of rotatable bonds is 1. The lowest BCUT2D eigenvalue weighted by molar-refractivity contribution is -0.114. The van der Waals surface area contributed by atoms with E-state index >= 15 is 0 Å². The van der Waals surface area contributed by atoms with Crippen LogP contribution in [0.5, 0.6) is 0 Å². The van der Waals surface area contributed by atoms with Crippen molar-refractivity contribution in [2.75, 3.05) is 10.6 Å². The number of para-hydroxylation sites is 1. The molecule has 2 aromatic carbocycles. The number of ether oxygens (including phenoxy) is 1. The highest BCUT2D eigenvalue weighted by atomic mass is 16.5. The second-order valence-corrected chi connectivity index (χ2v) is 5.55. The number of amides is 2. The molecule has 0 atom stereocenters. The van der Waals surface area contributed by atoms with E-state index in [0.29, 0.717) is 23.6 Å². The van der Waals surface area contributed by atoms with E-state index < -0.39 is 0 Å². The van der Waals surface area contributed by atoms with Crippen molar-refractivity contribution in [1.29, 1.82) is 0 Å². The molecule has 5 heteroatoms. The minimum absolute atomic E-state index is 0.137. The van der Waals surface area contributed by atoms with Gasteiger partial charge in [-0.3, -0.25) is 9.59 Å². The molecule has 0 aromatic heterocycles. The molecular formula is C18H14N2O3. The summed E-state index contributed by atoms with van der Waals surface area (Å²) in [5.41, 5.74) is 4.70. The number of fused-ring (bicyclic) bond motifs is 2. The topological polar surface area (TPSA) is 67.4 Å². The van der Waals surface area contributed by atoms with Crippen molar-refractivity contribution in [2.24, 2.45) is 0 Å². The highest BCUT2D eigenvalue weighted by molar-refractivity contribution is 6.36. The zero-order chi connectivity index (χ0) is 16.0. The molecule has 0 radical (unpaired) electrons. The average molecular weight is 306 g/mol. The molecule has 2 heterocycles.